The molecule has 1 heterocycles. The summed E-state index contributed by atoms with van der Waals surface area (Å²) in [6.07, 6.45) is 4.17. The minimum absolute atomic E-state index is 0.109. The van der Waals surface area contributed by atoms with Crippen molar-refractivity contribution >= 4 is 0 Å². The van der Waals surface area contributed by atoms with Crippen LogP contribution in [0.3, 0.4) is 0 Å². The second-order valence-electron chi connectivity index (χ2n) is 4.29. The molecule has 0 aliphatic carbocycles. The van der Waals surface area contributed by atoms with Gasteiger partial charge in [0.15, 0.2) is 0 Å². The van der Waals surface area contributed by atoms with Crippen LogP contribution >= 0.6 is 0 Å². The van der Waals surface area contributed by atoms with Crippen LogP contribution in [-0.4, -0.2) is 4.98 Å². The summed E-state index contributed by atoms with van der Waals surface area (Å²) in [4.78, 5) is 3.97. The monoisotopic (exact) mass is 245 g/mol. The number of nitrogens with one attached hydrogen (secondary N) is 1. The highest BCUT2D eigenvalue weighted by atomic mass is 19.1. The lowest BCUT2D eigenvalue weighted by molar-refractivity contribution is 0.543. The Morgan fingerprint density at radius 2 is 2.00 bits per heavy atom. The number of aryl methyl sites for hydroxylation is 1. The third-order valence-corrected chi connectivity index (χ3v) is 2.99. The minimum atomic E-state index is -0.206. The van der Waals surface area contributed by atoms with Crippen molar-refractivity contribution < 1.29 is 4.39 Å². The Balaban J connectivity index is 2.20. The fourth-order valence-electron chi connectivity index (χ4n) is 1.85. The van der Waals surface area contributed by atoms with E-state index >= 15 is 0 Å². The van der Waals surface area contributed by atoms with Gasteiger partial charge in [-0.3, -0.25) is 16.3 Å². The van der Waals surface area contributed by atoms with Crippen LogP contribution in [0.2, 0.25) is 0 Å². The van der Waals surface area contributed by atoms with Gasteiger partial charge < -0.3 is 0 Å². The lowest BCUT2D eigenvalue weighted by Crippen LogP contribution is -2.29. The molecule has 1 aromatic carbocycles. The second kappa shape index (κ2) is 5.71. The van der Waals surface area contributed by atoms with Crippen LogP contribution in [0.15, 0.2) is 42.7 Å². The number of hydrogen-bond acceptors (Lipinski definition) is 3. The van der Waals surface area contributed by atoms with E-state index in [1.165, 1.54) is 6.07 Å². The van der Waals surface area contributed by atoms with E-state index in [9.17, 15) is 4.39 Å². The van der Waals surface area contributed by atoms with E-state index in [-0.39, 0.29) is 11.9 Å². The standard InChI is InChI=1S/C14H16FN3/c1-10-2-3-12(9-13(10)15)14(18-16)8-11-4-6-17-7-5-11/h2-7,9,14,18H,8,16H2,1H3. The van der Waals surface area contributed by atoms with Crippen molar-refractivity contribution in [1.82, 2.24) is 10.4 Å². The number of aromatic nitrogens is 1. The summed E-state index contributed by atoms with van der Waals surface area (Å²) in [6, 6.07) is 8.93. The van der Waals surface area contributed by atoms with Crippen molar-refractivity contribution in [3.8, 4) is 0 Å². The summed E-state index contributed by atoms with van der Waals surface area (Å²) < 4.78 is 13.5. The number of halogens is 1. The molecule has 1 aromatic heterocycles. The molecule has 4 heteroatoms. The van der Waals surface area contributed by atoms with Gasteiger partial charge in [0.1, 0.15) is 5.82 Å². The van der Waals surface area contributed by atoms with E-state index in [1.807, 2.05) is 18.2 Å². The fourth-order valence-corrected chi connectivity index (χ4v) is 1.85. The van der Waals surface area contributed by atoms with Crippen molar-refractivity contribution in [3.63, 3.8) is 0 Å². The van der Waals surface area contributed by atoms with Crippen molar-refractivity contribution in [2.45, 2.75) is 19.4 Å². The maximum absolute atomic E-state index is 13.5. The molecule has 0 amide bonds. The summed E-state index contributed by atoms with van der Waals surface area (Å²) >= 11 is 0. The molecule has 0 spiro atoms. The number of benzene rings is 1. The highest BCUT2D eigenvalue weighted by molar-refractivity contribution is 5.27. The largest absolute Gasteiger partial charge is 0.271 e. The summed E-state index contributed by atoms with van der Waals surface area (Å²) in [5.41, 5.74) is 5.31. The average molecular weight is 245 g/mol. The first-order chi connectivity index (χ1) is 8.70. The lowest BCUT2D eigenvalue weighted by Gasteiger charge is -2.17. The number of hydrazine groups is 1. The highest BCUT2D eigenvalue weighted by Gasteiger charge is 2.12. The van der Waals surface area contributed by atoms with Crippen LogP contribution in [0.1, 0.15) is 22.7 Å². The Hall–Kier alpha value is -1.78. The molecule has 0 fully saturated rings. The number of nitrogens with two attached hydrogens (primary N) is 1. The molecule has 3 nitrogen and oxygen atoms in total. The van der Waals surface area contributed by atoms with Gasteiger partial charge >= 0.3 is 0 Å². The molecule has 0 aliphatic rings. The molecule has 1 atom stereocenters. The third kappa shape index (κ3) is 2.91. The number of pyridine rings is 1. The van der Waals surface area contributed by atoms with Gasteiger partial charge in [-0.25, -0.2) is 4.39 Å². The predicted octanol–water partition coefficient (Wildman–Crippen LogP) is 2.28. The van der Waals surface area contributed by atoms with E-state index in [0.29, 0.717) is 12.0 Å². The lowest BCUT2D eigenvalue weighted by atomic mass is 9.99. The molecule has 0 radical (unpaired) electrons. The zero-order chi connectivity index (χ0) is 13.0. The number of rotatable bonds is 4. The van der Waals surface area contributed by atoms with Crippen LogP contribution in [-0.2, 0) is 6.42 Å². The summed E-state index contributed by atoms with van der Waals surface area (Å²) in [5.74, 6) is 5.35. The first-order valence-corrected chi connectivity index (χ1v) is 5.82. The molecule has 3 N–H and O–H groups in total. The van der Waals surface area contributed by atoms with E-state index in [0.717, 1.165) is 11.1 Å². The molecular weight excluding hydrogens is 229 g/mol. The van der Waals surface area contributed by atoms with E-state index in [2.05, 4.69) is 10.4 Å². The van der Waals surface area contributed by atoms with Crippen LogP contribution in [0.25, 0.3) is 0 Å². The number of hydrogen-bond donors (Lipinski definition) is 2. The van der Waals surface area contributed by atoms with Crippen molar-refractivity contribution in [2.75, 3.05) is 0 Å². The first kappa shape index (κ1) is 12.7. The SMILES string of the molecule is Cc1ccc(C(Cc2ccncc2)NN)cc1F. The minimum Gasteiger partial charge on any atom is -0.271 e. The maximum Gasteiger partial charge on any atom is 0.126 e. The Labute approximate surface area is 106 Å². The molecule has 0 saturated heterocycles. The van der Waals surface area contributed by atoms with Crippen molar-refractivity contribution in [3.05, 3.63) is 65.2 Å². The Bertz CT molecular complexity index is 514. The zero-order valence-electron chi connectivity index (χ0n) is 10.2. The molecule has 2 rings (SSSR count). The van der Waals surface area contributed by atoms with Crippen molar-refractivity contribution in [1.29, 1.82) is 0 Å². The Morgan fingerprint density at radius 1 is 1.28 bits per heavy atom. The van der Waals surface area contributed by atoms with Crippen LogP contribution in [0.4, 0.5) is 4.39 Å². The third-order valence-electron chi connectivity index (χ3n) is 2.99. The summed E-state index contributed by atoms with van der Waals surface area (Å²) in [6.45, 7) is 1.74. The molecule has 1 unspecified atom stereocenters. The topological polar surface area (TPSA) is 50.9 Å². The van der Waals surface area contributed by atoms with Crippen LogP contribution in [0, 0.1) is 12.7 Å². The fraction of sp³-hybridized carbons (Fsp3) is 0.214. The highest BCUT2D eigenvalue weighted by Crippen LogP contribution is 2.19. The van der Waals surface area contributed by atoms with E-state index in [4.69, 9.17) is 5.84 Å². The van der Waals surface area contributed by atoms with Gasteiger partial charge in [-0.2, -0.15) is 0 Å². The molecule has 2 aromatic rings. The predicted molar refractivity (Wildman–Crippen MR) is 69.1 cm³/mol. The molecule has 0 saturated carbocycles. The Kier molecular flexibility index (Phi) is 4.02. The van der Waals surface area contributed by atoms with Gasteiger partial charge in [-0.15, -0.1) is 0 Å². The number of nitrogens with zero attached hydrogens (tertiary/aromatic N) is 1. The molecule has 18 heavy (non-hydrogen) atoms. The van der Waals surface area contributed by atoms with E-state index < -0.39 is 0 Å². The van der Waals surface area contributed by atoms with Crippen LogP contribution < -0.4 is 11.3 Å². The van der Waals surface area contributed by atoms with Gasteiger partial charge in [-0.1, -0.05) is 12.1 Å². The van der Waals surface area contributed by atoms with Gasteiger partial charge in [0, 0.05) is 12.4 Å². The summed E-state index contributed by atoms with van der Waals surface area (Å²) in [7, 11) is 0. The van der Waals surface area contributed by atoms with Crippen LogP contribution in [0.5, 0.6) is 0 Å². The first-order valence-electron chi connectivity index (χ1n) is 5.82. The molecule has 94 valence electrons. The quantitative estimate of drug-likeness (QED) is 0.642. The Morgan fingerprint density at radius 3 is 2.61 bits per heavy atom. The molecular formula is C14H16FN3. The smallest absolute Gasteiger partial charge is 0.126 e. The second-order valence-corrected chi connectivity index (χ2v) is 4.29. The normalized spacial score (nSPS) is 12.4. The van der Waals surface area contributed by atoms with E-state index in [1.54, 1.807) is 25.4 Å². The maximum atomic E-state index is 13.5. The molecule has 0 aliphatic heterocycles. The molecule has 0 bridgehead atoms. The van der Waals surface area contributed by atoms with Gasteiger partial charge in [0.05, 0.1) is 6.04 Å². The van der Waals surface area contributed by atoms with Gasteiger partial charge in [-0.05, 0) is 48.2 Å². The van der Waals surface area contributed by atoms with Crippen molar-refractivity contribution in [2.24, 2.45) is 5.84 Å². The zero-order valence-corrected chi connectivity index (χ0v) is 10.2. The summed E-state index contributed by atoms with van der Waals surface area (Å²) in [5, 5.41) is 0. The van der Waals surface area contributed by atoms with Gasteiger partial charge in [0.25, 0.3) is 0 Å². The van der Waals surface area contributed by atoms with Gasteiger partial charge in [0.2, 0.25) is 0 Å². The average Bonchev–Trinajstić information content (AvgIpc) is 2.40.